The maximum atomic E-state index is 14.1. The molecular weight excluding hydrogens is 408 g/mol. The number of aromatic nitrogens is 1. The Morgan fingerprint density at radius 3 is 2.45 bits per heavy atom. The van der Waals surface area contributed by atoms with Gasteiger partial charge < -0.3 is 5.32 Å². The summed E-state index contributed by atoms with van der Waals surface area (Å²) in [6.07, 6.45) is -1.35. The van der Waals surface area contributed by atoms with E-state index in [1.54, 1.807) is 30.5 Å². The van der Waals surface area contributed by atoms with Crippen LogP contribution in [-0.4, -0.2) is 17.4 Å². The fourth-order valence-electron chi connectivity index (χ4n) is 3.23. The van der Waals surface area contributed by atoms with Crippen molar-refractivity contribution in [2.75, 3.05) is 6.54 Å². The van der Waals surface area contributed by atoms with Crippen molar-refractivity contribution in [1.29, 1.82) is 0 Å². The summed E-state index contributed by atoms with van der Waals surface area (Å²) in [5.74, 6) is -1.06. The zero-order valence-electron chi connectivity index (χ0n) is 17.0. The minimum Gasteiger partial charge on any atom is -0.352 e. The van der Waals surface area contributed by atoms with E-state index in [1.165, 1.54) is 18.2 Å². The first kappa shape index (κ1) is 22.5. The second-order valence-electron chi connectivity index (χ2n) is 7.28. The Kier molecular flexibility index (Phi) is 7.05. The second kappa shape index (κ2) is 9.73. The lowest BCUT2D eigenvalue weighted by molar-refractivity contribution is -0.137. The molecule has 1 N–H and O–H groups in total. The summed E-state index contributed by atoms with van der Waals surface area (Å²) in [6, 6.07) is 13.1. The molecule has 0 aliphatic carbocycles. The molecule has 0 saturated carbocycles. The number of rotatable bonds is 7. The lowest BCUT2D eigenvalue weighted by Crippen LogP contribution is -2.25. The predicted octanol–water partition coefficient (Wildman–Crippen LogP) is 5.56. The summed E-state index contributed by atoms with van der Waals surface area (Å²) in [5.41, 5.74) is 2.05. The topological polar surface area (TPSA) is 42.0 Å². The molecule has 31 heavy (non-hydrogen) atoms. The Morgan fingerprint density at radius 1 is 0.968 bits per heavy atom. The fraction of sp³-hybridized carbons (Fsp3) is 0.250. The van der Waals surface area contributed by atoms with Gasteiger partial charge in [0.2, 0.25) is 0 Å². The molecule has 1 heterocycles. The average molecular weight is 430 g/mol. The standard InChI is InChI=1S/C24H22F4N2O/c1-2-9-30-23(31)21-15-17(6-7-22(21)25)13-20-14-18(8-10-29-20)11-16-4-3-5-19(12-16)24(26,27)28/h3-8,10,12,14-15H,2,9,11,13H2,1H3,(H,30,31). The normalized spacial score (nSPS) is 11.4. The van der Waals surface area contributed by atoms with Gasteiger partial charge in [-0.3, -0.25) is 9.78 Å². The number of carbonyl (C=O) groups excluding carboxylic acids is 1. The number of alkyl halides is 3. The molecule has 3 aromatic rings. The van der Waals surface area contributed by atoms with Crippen molar-refractivity contribution < 1.29 is 22.4 Å². The zero-order valence-corrected chi connectivity index (χ0v) is 17.0. The molecule has 0 radical (unpaired) electrons. The molecule has 0 fully saturated rings. The number of nitrogens with zero attached hydrogens (tertiary/aromatic N) is 1. The maximum absolute atomic E-state index is 14.1. The summed E-state index contributed by atoms with van der Waals surface area (Å²) in [5, 5.41) is 2.66. The van der Waals surface area contributed by atoms with E-state index in [9.17, 15) is 22.4 Å². The maximum Gasteiger partial charge on any atom is 0.416 e. The van der Waals surface area contributed by atoms with Gasteiger partial charge in [-0.1, -0.05) is 31.2 Å². The number of benzene rings is 2. The molecule has 3 nitrogen and oxygen atoms in total. The van der Waals surface area contributed by atoms with Gasteiger partial charge in [0.1, 0.15) is 5.82 Å². The first-order chi connectivity index (χ1) is 14.8. The van der Waals surface area contributed by atoms with E-state index >= 15 is 0 Å². The van der Waals surface area contributed by atoms with Crippen LogP contribution in [0, 0.1) is 5.82 Å². The van der Waals surface area contributed by atoms with Crippen molar-refractivity contribution in [2.45, 2.75) is 32.4 Å². The van der Waals surface area contributed by atoms with Gasteiger partial charge in [0.05, 0.1) is 11.1 Å². The van der Waals surface area contributed by atoms with Crippen molar-refractivity contribution >= 4 is 5.91 Å². The first-order valence-electron chi connectivity index (χ1n) is 9.93. The molecule has 0 aliphatic heterocycles. The van der Waals surface area contributed by atoms with Crippen molar-refractivity contribution in [3.63, 3.8) is 0 Å². The molecule has 0 aliphatic rings. The van der Waals surface area contributed by atoms with Gasteiger partial charge >= 0.3 is 6.18 Å². The lowest BCUT2D eigenvalue weighted by atomic mass is 10.0. The number of pyridine rings is 1. The van der Waals surface area contributed by atoms with Crippen molar-refractivity contribution in [1.82, 2.24) is 10.3 Å². The number of hydrogen-bond donors (Lipinski definition) is 1. The SMILES string of the molecule is CCCNC(=O)c1cc(Cc2cc(Cc3cccc(C(F)(F)F)c3)ccn2)ccc1F. The van der Waals surface area contributed by atoms with E-state index in [1.807, 2.05) is 6.92 Å². The van der Waals surface area contributed by atoms with Crippen LogP contribution in [0.5, 0.6) is 0 Å². The largest absolute Gasteiger partial charge is 0.416 e. The van der Waals surface area contributed by atoms with Gasteiger partial charge in [-0.05, 0) is 59.9 Å². The Balaban J connectivity index is 1.76. The molecule has 0 atom stereocenters. The van der Waals surface area contributed by atoms with Crippen molar-refractivity contribution in [3.8, 4) is 0 Å². The monoisotopic (exact) mass is 430 g/mol. The Hall–Kier alpha value is -3.22. The highest BCUT2D eigenvalue weighted by Crippen LogP contribution is 2.30. The van der Waals surface area contributed by atoms with E-state index in [0.29, 0.717) is 36.2 Å². The highest BCUT2D eigenvalue weighted by Gasteiger charge is 2.30. The number of amides is 1. The number of carbonyl (C=O) groups is 1. The van der Waals surface area contributed by atoms with Crippen LogP contribution in [0.1, 0.15) is 51.7 Å². The molecule has 0 spiro atoms. The van der Waals surface area contributed by atoms with Crippen LogP contribution in [0.25, 0.3) is 0 Å². The average Bonchev–Trinajstić information content (AvgIpc) is 2.73. The highest BCUT2D eigenvalue weighted by molar-refractivity contribution is 5.94. The molecule has 7 heteroatoms. The lowest BCUT2D eigenvalue weighted by Gasteiger charge is -2.10. The van der Waals surface area contributed by atoms with Crippen LogP contribution in [0.4, 0.5) is 17.6 Å². The first-order valence-corrected chi connectivity index (χ1v) is 9.93. The molecule has 0 saturated heterocycles. The summed E-state index contributed by atoms with van der Waals surface area (Å²) < 4.78 is 52.9. The van der Waals surface area contributed by atoms with Crippen LogP contribution >= 0.6 is 0 Å². The van der Waals surface area contributed by atoms with E-state index in [0.717, 1.165) is 24.1 Å². The summed E-state index contributed by atoms with van der Waals surface area (Å²) in [6.45, 7) is 2.37. The summed E-state index contributed by atoms with van der Waals surface area (Å²) in [4.78, 5) is 16.4. The van der Waals surface area contributed by atoms with Crippen LogP contribution in [0.2, 0.25) is 0 Å². The van der Waals surface area contributed by atoms with Gasteiger partial charge in [-0.25, -0.2) is 4.39 Å². The molecule has 162 valence electrons. The highest BCUT2D eigenvalue weighted by atomic mass is 19.4. The molecule has 1 aromatic heterocycles. The smallest absolute Gasteiger partial charge is 0.352 e. The number of nitrogens with one attached hydrogen (secondary N) is 1. The Bertz CT molecular complexity index is 1060. The van der Waals surface area contributed by atoms with Gasteiger partial charge in [-0.2, -0.15) is 13.2 Å². The van der Waals surface area contributed by atoms with Gasteiger partial charge in [0.15, 0.2) is 0 Å². The van der Waals surface area contributed by atoms with Crippen LogP contribution in [0.3, 0.4) is 0 Å². The molecule has 2 aromatic carbocycles. The Morgan fingerprint density at radius 2 is 1.71 bits per heavy atom. The summed E-state index contributed by atoms with van der Waals surface area (Å²) in [7, 11) is 0. The van der Waals surface area contributed by atoms with Gasteiger partial charge in [0.25, 0.3) is 5.91 Å². The minimum absolute atomic E-state index is 0.0222. The molecule has 1 amide bonds. The molecular formula is C24H22F4N2O. The molecule has 0 unspecified atom stereocenters. The third-order valence-corrected chi connectivity index (χ3v) is 4.74. The number of halogens is 4. The third kappa shape index (κ3) is 6.13. The minimum atomic E-state index is -4.39. The van der Waals surface area contributed by atoms with Gasteiger partial charge in [-0.15, -0.1) is 0 Å². The van der Waals surface area contributed by atoms with Gasteiger partial charge in [0, 0.05) is 24.9 Å². The number of hydrogen-bond acceptors (Lipinski definition) is 2. The van der Waals surface area contributed by atoms with Crippen molar-refractivity contribution in [3.05, 3.63) is 100 Å². The van der Waals surface area contributed by atoms with Crippen LogP contribution < -0.4 is 5.32 Å². The molecule has 0 bridgehead atoms. The molecule has 3 rings (SSSR count). The van der Waals surface area contributed by atoms with Crippen molar-refractivity contribution in [2.24, 2.45) is 0 Å². The Labute approximate surface area is 178 Å². The predicted molar refractivity (Wildman–Crippen MR) is 110 cm³/mol. The second-order valence-corrected chi connectivity index (χ2v) is 7.28. The summed E-state index contributed by atoms with van der Waals surface area (Å²) >= 11 is 0. The van der Waals surface area contributed by atoms with E-state index in [-0.39, 0.29) is 5.56 Å². The van der Waals surface area contributed by atoms with E-state index in [4.69, 9.17) is 0 Å². The van der Waals surface area contributed by atoms with E-state index in [2.05, 4.69) is 10.3 Å². The quantitative estimate of drug-likeness (QED) is 0.499. The zero-order chi connectivity index (χ0) is 22.4. The van der Waals surface area contributed by atoms with Crippen LogP contribution in [0.15, 0.2) is 60.8 Å². The third-order valence-electron chi connectivity index (χ3n) is 4.74. The fourth-order valence-corrected chi connectivity index (χ4v) is 3.23. The van der Waals surface area contributed by atoms with E-state index < -0.39 is 23.5 Å². The van der Waals surface area contributed by atoms with Crippen LogP contribution in [-0.2, 0) is 19.0 Å².